The van der Waals surface area contributed by atoms with Crippen LogP contribution in [-0.2, 0) is 19.3 Å². The van der Waals surface area contributed by atoms with E-state index in [4.69, 9.17) is 0 Å². The Morgan fingerprint density at radius 1 is 0.947 bits per heavy atom. The molecule has 0 aliphatic rings. The second kappa shape index (κ2) is 6.36. The van der Waals surface area contributed by atoms with E-state index in [0.29, 0.717) is 5.78 Å². The second-order valence-corrected chi connectivity index (χ2v) is 5.92. The summed E-state index contributed by atoms with van der Waals surface area (Å²) in [4.78, 5) is 12.9. The first kappa shape index (κ1) is 15.9. The lowest BCUT2D eigenvalue weighted by molar-refractivity contribution is 0.0831. The molecule has 1 aromatic carbocycles. The lowest BCUT2D eigenvalue weighted by Crippen LogP contribution is -2.26. The van der Waals surface area contributed by atoms with E-state index in [2.05, 4.69) is 53.7 Å². The maximum atomic E-state index is 12.9. The molecular formula is C18H28O. The van der Waals surface area contributed by atoms with Crippen LogP contribution in [0, 0.1) is 5.41 Å². The van der Waals surface area contributed by atoms with E-state index in [1.165, 1.54) is 16.7 Å². The highest BCUT2D eigenvalue weighted by Gasteiger charge is 2.29. The second-order valence-electron chi connectivity index (χ2n) is 5.92. The Morgan fingerprint density at radius 2 is 1.42 bits per heavy atom. The van der Waals surface area contributed by atoms with Crippen molar-refractivity contribution in [1.29, 1.82) is 0 Å². The van der Waals surface area contributed by atoms with E-state index < -0.39 is 0 Å². The molecule has 0 atom stereocenters. The molecule has 0 saturated heterocycles. The van der Waals surface area contributed by atoms with Crippen molar-refractivity contribution in [1.82, 2.24) is 0 Å². The molecule has 19 heavy (non-hydrogen) atoms. The number of hydrogen-bond donors (Lipinski definition) is 0. The molecule has 0 bridgehead atoms. The van der Waals surface area contributed by atoms with Gasteiger partial charge in [0.25, 0.3) is 0 Å². The molecule has 0 fully saturated rings. The molecule has 1 heteroatoms. The van der Waals surface area contributed by atoms with Gasteiger partial charge in [-0.15, -0.1) is 0 Å². The minimum atomic E-state index is -0.262. The van der Waals surface area contributed by atoms with Crippen molar-refractivity contribution < 1.29 is 4.79 Å². The van der Waals surface area contributed by atoms with Crippen LogP contribution in [0.5, 0.6) is 0 Å². The zero-order chi connectivity index (χ0) is 14.6. The Morgan fingerprint density at radius 3 is 1.74 bits per heavy atom. The molecule has 0 spiro atoms. The molecular weight excluding hydrogens is 232 g/mol. The van der Waals surface area contributed by atoms with Crippen LogP contribution in [0.3, 0.4) is 0 Å². The van der Waals surface area contributed by atoms with Crippen LogP contribution in [0.4, 0.5) is 0 Å². The van der Waals surface area contributed by atoms with E-state index in [0.717, 1.165) is 31.2 Å². The van der Waals surface area contributed by atoms with E-state index in [9.17, 15) is 4.79 Å². The predicted octanol–water partition coefficient (Wildman–Crippen LogP) is 4.99. The van der Waals surface area contributed by atoms with Crippen LogP contribution in [0.2, 0.25) is 0 Å². The molecule has 0 saturated carbocycles. The normalized spacial score (nSPS) is 11.7. The van der Waals surface area contributed by atoms with Crippen LogP contribution in [-0.4, -0.2) is 5.78 Å². The number of carbonyl (C=O) groups is 1. The Bertz CT molecular complexity index is 430. The number of Topliss-reactive ketones (excluding diaryl/α,β-unsaturated/α-hetero) is 1. The molecule has 0 radical (unpaired) electrons. The number of aryl methyl sites for hydroxylation is 3. The summed E-state index contributed by atoms with van der Waals surface area (Å²) >= 11 is 0. The average molecular weight is 260 g/mol. The first-order valence-electron chi connectivity index (χ1n) is 7.60. The van der Waals surface area contributed by atoms with Gasteiger partial charge in [-0.05, 0) is 42.4 Å². The van der Waals surface area contributed by atoms with Crippen molar-refractivity contribution in [2.75, 3.05) is 0 Å². The highest BCUT2D eigenvalue weighted by molar-refractivity contribution is 6.02. The summed E-state index contributed by atoms with van der Waals surface area (Å²) in [7, 11) is 0. The number of rotatable bonds is 6. The van der Waals surface area contributed by atoms with Crippen LogP contribution in [0.25, 0.3) is 0 Å². The predicted molar refractivity (Wildman–Crippen MR) is 83.0 cm³/mol. The number of benzene rings is 1. The molecule has 0 unspecified atom stereocenters. The van der Waals surface area contributed by atoms with Crippen molar-refractivity contribution in [2.45, 2.75) is 67.2 Å². The quantitative estimate of drug-likeness (QED) is 0.658. The standard InChI is InChI=1S/C18H28O/c1-7-13-11-14(8-2)16(15(9-3)12-13)17(19)18(5,6)10-4/h11-12H,7-10H2,1-6H3. The summed E-state index contributed by atoms with van der Waals surface area (Å²) in [6, 6.07) is 4.44. The Hall–Kier alpha value is -1.11. The zero-order valence-corrected chi connectivity index (χ0v) is 13.4. The van der Waals surface area contributed by atoms with Gasteiger partial charge in [0.2, 0.25) is 0 Å². The molecule has 0 aromatic heterocycles. The number of hydrogen-bond acceptors (Lipinski definition) is 1. The first-order valence-corrected chi connectivity index (χ1v) is 7.60. The highest BCUT2D eigenvalue weighted by Crippen LogP contribution is 2.30. The van der Waals surface area contributed by atoms with E-state index in [1.807, 2.05) is 0 Å². The van der Waals surface area contributed by atoms with Gasteiger partial charge < -0.3 is 0 Å². The van der Waals surface area contributed by atoms with Crippen LogP contribution < -0.4 is 0 Å². The molecule has 0 heterocycles. The van der Waals surface area contributed by atoms with Gasteiger partial charge in [0, 0.05) is 11.0 Å². The van der Waals surface area contributed by atoms with Gasteiger partial charge in [0.1, 0.15) is 0 Å². The van der Waals surface area contributed by atoms with Crippen LogP contribution >= 0.6 is 0 Å². The minimum Gasteiger partial charge on any atom is -0.294 e. The molecule has 1 rings (SSSR count). The summed E-state index contributed by atoms with van der Waals surface area (Å²) in [6.07, 6.45) is 3.78. The van der Waals surface area contributed by atoms with E-state index in [1.54, 1.807) is 0 Å². The number of ketones is 1. The first-order chi connectivity index (χ1) is 8.91. The van der Waals surface area contributed by atoms with Gasteiger partial charge in [-0.1, -0.05) is 53.7 Å². The minimum absolute atomic E-state index is 0.262. The molecule has 1 aromatic rings. The molecule has 0 N–H and O–H groups in total. The summed E-state index contributed by atoms with van der Waals surface area (Å²) in [5.74, 6) is 0.311. The zero-order valence-electron chi connectivity index (χ0n) is 13.4. The molecule has 1 nitrogen and oxygen atoms in total. The van der Waals surface area contributed by atoms with Gasteiger partial charge in [0.05, 0.1) is 0 Å². The van der Waals surface area contributed by atoms with E-state index in [-0.39, 0.29) is 5.41 Å². The van der Waals surface area contributed by atoms with E-state index >= 15 is 0 Å². The van der Waals surface area contributed by atoms with Crippen LogP contribution in [0.1, 0.15) is 75.0 Å². The summed E-state index contributed by atoms with van der Waals surface area (Å²) in [6.45, 7) is 12.7. The largest absolute Gasteiger partial charge is 0.294 e. The fraction of sp³-hybridized carbons (Fsp3) is 0.611. The summed E-state index contributed by atoms with van der Waals surface area (Å²) in [5, 5.41) is 0. The van der Waals surface area contributed by atoms with Gasteiger partial charge in [-0.25, -0.2) is 0 Å². The van der Waals surface area contributed by atoms with Crippen molar-refractivity contribution in [3.63, 3.8) is 0 Å². The SMILES string of the molecule is CCc1cc(CC)c(C(=O)C(C)(C)CC)c(CC)c1. The topological polar surface area (TPSA) is 17.1 Å². The third-order valence-corrected chi connectivity index (χ3v) is 4.26. The van der Waals surface area contributed by atoms with Crippen molar-refractivity contribution in [3.8, 4) is 0 Å². The Balaban J connectivity index is 3.44. The fourth-order valence-corrected chi connectivity index (χ4v) is 2.39. The van der Waals surface area contributed by atoms with Crippen molar-refractivity contribution in [3.05, 3.63) is 34.4 Å². The van der Waals surface area contributed by atoms with Gasteiger partial charge in [0.15, 0.2) is 5.78 Å². The Labute approximate surface area is 118 Å². The lowest BCUT2D eigenvalue weighted by atomic mass is 9.78. The molecule has 0 amide bonds. The molecule has 106 valence electrons. The summed E-state index contributed by atoms with van der Waals surface area (Å²) < 4.78 is 0. The van der Waals surface area contributed by atoms with Gasteiger partial charge >= 0.3 is 0 Å². The lowest BCUT2D eigenvalue weighted by Gasteiger charge is -2.25. The smallest absolute Gasteiger partial charge is 0.168 e. The maximum Gasteiger partial charge on any atom is 0.168 e. The van der Waals surface area contributed by atoms with Gasteiger partial charge in [-0.2, -0.15) is 0 Å². The van der Waals surface area contributed by atoms with Crippen molar-refractivity contribution >= 4 is 5.78 Å². The monoisotopic (exact) mass is 260 g/mol. The Kier molecular flexibility index (Phi) is 5.34. The van der Waals surface area contributed by atoms with Crippen LogP contribution in [0.15, 0.2) is 12.1 Å². The van der Waals surface area contributed by atoms with Crippen molar-refractivity contribution in [2.24, 2.45) is 5.41 Å². The fourth-order valence-electron chi connectivity index (χ4n) is 2.39. The highest BCUT2D eigenvalue weighted by atomic mass is 16.1. The summed E-state index contributed by atoms with van der Waals surface area (Å²) in [5.41, 5.74) is 4.53. The number of carbonyl (C=O) groups excluding carboxylic acids is 1. The van der Waals surface area contributed by atoms with Gasteiger partial charge in [-0.3, -0.25) is 4.79 Å². The third-order valence-electron chi connectivity index (χ3n) is 4.26. The maximum absolute atomic E-state index is 12.9. The molecule has 0 aliphatic heterocycles. The average Bonchev–Trinajstić information content (AvgIpc) is 2.44. The molecule has 0 aliphatic carbocycles. The third kappa shape index (κ3) is 3.26.